The Morgan fingerprint density at radius 3 is 2.78 bits per heavy atom. The van der Waals surface area contributed by atoms with Crippen LogP contribution in [0.2, 0.25) is 5.02 Å². The Bertz CT molecular complexity index is 477. The highest BCUT2D eigenvalue weighted by Crippen LogP contribution is 2.33. The van der Waals surface area contributed by atoms with E-state index in [0.29, 0.717) is 18.6 Å². The predicted molar refractivity (Wildman–Crippen MR) is 70.2 cm³/mol. The molecular formula is C14H16ClNO2. The zero-order valence-electron chi connectivity index (χ0n) is 10.2. The average Bonchev–Trinajstić information content (AvgIpc) is 2.80. The SMILES string of the molecule is O=C1CCN(Cc2cc(Cl)cc3c2OCC3)CC1. The first-order valence-electron chi connectivity index (χ1n) is 6.40. The normalized spacial score (nSPS) is 19.7. The maximum atomic E-state index is 11.2. The van der Waals surface area contributed by atoms with Crippen LogP contribution in [0.1, 0.15) is 24.0 Å². The molecule has 96 valence electrons. The van der Waals surface area contributed by atoms with E-state index in [1.165, 1.54) is 5.56 Å². The Balaban J connectivity index is 1.78. The summed E-state index contributed by atoms with van der Waals surface area (Å²) in [5, 5.41) is 0.780. The van der Waals surface area contributed by atoms with Crippen molar-refractivity contribution in [3.63, 3.8) is 0 Å². The molecule has 2 aliphatic heterocycles. The second-order valence-corrected chi connectivity index (χ2v) is 5.40. The van der Waals surface area contributed by atoms with Gasteiger partial charge >= 0.3 is 0 Å². The lowest BCUT2D eigenvalue weighted by Crippen LogP contribution is -2.33. The van der Waals surface area contributed by atoms with Crippen LogP contribution in [0.25, 0.3) is 0 Å². The smallest absolute Gasteiger partial charge is 0.135 e. The molecule has 2 heterocycles. The molecule has 0 atom stereocenters. The van der Waals surface area contributed by atoms with Crippen molar-refractivity contribution in [3.05, 3.63) is 28.3 Å². The van der Waals surface area contributed by atoms with Crippen molar-refractivity contribution in [2.24, 2.45) is 0 Å². The molecule has 3 nitrogen and oxygen atoms in total. The molecule has 0 amide bonds. The molecule has 1 aromatic rings. The summed E-state index contributed by atoms with van der Waals surface area (Å²) in [6, 6.07) is 3.98. The number of benzene rings is 1. The number of hydrogen-bond acceptors (Lipinski definition) is 3. The molecule has 0 saturated carbocycles. The summed E-state index contributed by atoms with van der Waals surface area (Å²) >= 11 is 6.14. The fourth-order valence-corrected chi connectivity index (χ4v) is 2.93. The molecular weight excluding hydrogens is 250 g/mol. The third-order valence-electron chi connectivity index (χ3n) is 3.63. The number of likely N-dealkylation sites (tertiary alicyclic amines) is 1. The number of nitrogens with zero attached hydrogens (tertiary/aromatic N) is 1. The fourth-order valence-electron chi connectivity index (χ4n) is 2.66. The molecule has 1 fully saturated rings. The lowest BCUT2D eigenvalue weighted by Gasteiger charge is -2.26. The number of carbonyl (C=O) groups excluding carboxylic acids is 1. The van der Waals surface area contributed by atoms with E-state index in [4.69, 9.17) is 16.3 Å². The average molecular weight is 266 g/mol. The molecule has 0 aromatic heterocycles. The number of piperidine rings is 1. The molecule has 18 heavy (non-hydrogen) atoms. The van der Waals surface area contributed by atoms with E-state index >= 15 is 0 Å². The first-order valence-corrected chi connectivity index (χ1v) is 6.78. The number of ether oxygens (including phenoxy) is 1. The van der Waals surface area contributed by atoms with Crippen molar-refractivity contribution in [1.82, 2.24) is 4.90 Å². The van der Waals surface area contributed by atoms with Crippen molar-refractivity contribution >= 4 is 17.4 Å². The third-order valence-corrected chi connectivity index (χ3v) is 3.85. The lowest BCUT2D eigenvalue weighted by molar-refractivity contribution is -0.121. The number of fused-ring (bicyclic) bond motifs is 1. The van der Waals surface area contributed by atoms with Gasteiger partial charge in [-0.05, 0) is 17.7 Å². The number of hydrogen-bond donors (Lipinski definition) is 0. The Kier molecular flexibility index (Phi) is 3.27. The van der Waals surface area contributed by atoms with Crippen LogP contribution < -0.4 is 4.74 Å². The predicted octanol–water partition coefficient (Wildman–Crippen LogP) is 2.44. The van der Waals surface area contributed by atoms with Gasteiger partial charge in [0.2, 0.25) is 0 Å². The van der Waals surface area contributed by atoms with Crippen LogP contribution in [-0.4, -0.2) is 30.4 Å². The van der Waals surface area contributed by atoms with Crippen molar-refractivity contribution in [2.45, 2.75) is 25.8 Å². The molecule has 0 aliphatic carbocycles. The minimum Gasteiger partial charge on any atom is -0.493 e. The number of ketones is 1. The molecule has 0 bridgehead atoms. The molecule has 4 heteroatoms. The van der Waals surface area contributed by atoms with Gasteiger partial charge in [0.05, 0.1) is 6.61 Å². The van der Waals surface area contributed by atoms with Gasteiger partial charge in [0.1, 0.15) is 11.5 Å². The first kappa shape index (κ1) is 12.0. The number of carbonyl (C=O) groups is 1. The summed E-state index contributed by atoms with van der Waals surface area (Å²) in [7, 11) is 0. The van der Waals surface area contributed by atoms with Gasteiger partial charge < -0.3 is 4.74 Å². The van der Waals surface area contributed by atoms with E-state index in [-0.39, 0.29) is 0 Å². The molecule has 2 aliphatic rings. The summed E-state index contributed by atoms with van der Waals surface area (Å²) in [4.78, 5) is 13.5. The Labute approximate surface area is 112 Å². The van der Waals surface area contributed by atoms with E-state index in [9.17, 15) is 4.79 Å². The number of halogens is 1. The molecule has 1 aromatic carbocycles. The summed E-state index contributed by atoms with van der Waals surface area (Å²) in [5.41, 5.74) is 2.37. The van der Waals surface area contributed by atoms with Gasteiger partial charge in [-0.25, -0.2) is 0 Å². The van der Waals surface area contributed by atoms with Crippen LogP contribution in [-0.2, 0) is 17.8 Å². The van der Waals surface area contributed by atoms with Crippen molar-refractivity contribution in [3.8, 4) is 5.75 Å². The molecule has 0 unspecified atom stereocenters. The largest absolute Gasteiger partial charge is 0.493 e. The topological polar surface area (TPSA) is 29.5 Å². The van der Waals surface area contributed by atoms with E-state index in [1.54, 1.807) is 0 Å². The van der Waals surface area contributed by atoms with Gasteiger partial charge in [-0.15, -0.1) is 0 Å². The second kappa shape index (κ2) is 4.90. The quantitative estimate of drug-likeness (QED) is 0.823. The van der Waals surface area contributed by atoms with E-state index < -0.39 is 0 Å². The lowest BCUT2D eigenvalue weighted by atomic mass is 10.1. The fraction of sp³-hybridized carbons (Fsp3) is 0.500. The van der Waals surface area contributed by atoms with Crippen molar-refractivity contribution < 1.29 is 9.53 Å². The highest BCUT2D eigenvalue weighted by Gasteiger charge is 2.21. The van der Waals surface area contributed by atoms with E-state index in [2.05, 4.69) is 4.90 Å². The van der Waals surface area contributed by atoms with Crippen molar-refractivity contribution in [2.75, 3.05) is 19.7 Å². The van der Waals surface area contributed by atoms with Crippen LogP contribution in [0.5, 0.6) is 5.75 Å². The van der Waals surface area contributed by atoms with Gasteiger partial charge in [0, 0.05) is 49.5 Å². The summed E-state index contributed by atoms with van der Waals surface area (Å²) < 4.78 is 5.70. The Morgan fingerprint density at radius 2 is 2.00 bits per heavy atom. The van der Waals surface area contributed by atoms with Crippen LogP contribution in [0, 0.1) is 0 Å². The zero-order chi connectivity index (χ0) is 12.5. The highest BCUT2D eigenvalue weighted by atomic mass is 35.5. The molecule has 3 rings (SSSR count). The summed E-state index contributed by atoms with van der Waals surface area (Å²) in [6.07, 6.45) is 2.29. The maximum absolute atomic E-state index is 11.2. The van der Waals surface area contributed by atoms with Crippen LogP contribution in [0.4, 0.5) is 0 Å². The summed E-state index contributed by atoms with van der Waals surface area (Å²) in [6.45, 7) is 3.28. The van der Waals surface area contributed by atoms with Gasteiger partial charge in [-0.1, -0.05) is 11.6 Å². The monoisotopic (exact) mass is 265 g/mol. The zero-order valence-corrected chi connectivity index (χ0v) is 11.0. The van der Waals surface area contributed by atoms with Crippen LogP contribution >= 0.6 is 11.6 Å². The van der Waals surface area contributed by atoms with Gasteiger partial charge in [-0.3, -0.25) is 9.69 Å². The number of rotatable bonds is 2. The maximum Gasteiger partial charge on any atom is 0.135 e. The first-order chi connectivity index (χ1) is 8.72. The number of Topliss-reactive ketones (excluding diaryl/α,β-unsaturated/α-hetero) is 1. The molecule has 0 spiro atoms. The highest BCUT2D eigenvalue weighted by molar-refractivity contribution is 6.30. The molecule has 0 radical (unpaired) electrons. The second-order valence-electron chi connectivity index (χ2n) is 4.97. The Morgan fingerprint density at radius 1 is 1.22 bits per heavy atom. The van der Waals surface area contributed by atoms with Crippen LogP contribution in [0.3, 0.4) is 0 Å². The van der Waals surface area contributed by atoms with Gasteiger partial charge in [0.15, 0.2) is 0 Å². The van der Waals surface area contributed by atoms with E-state index in [1.807, 2.05) is 12.1 Å². The Hall–Kier alpha value is -1.06. The van der Waals surface area contributed by atoms with Gasteiger partial charge in [-0.2, -0.15) is 0 Å². The van der Waals surface area contributed by atoms with Gasteiger partial charge in [0.25, 0.3) is 0 Å². The standard InChI is InChI=1S/C14H16ClNO2/c15-12-7-10-3-6-18-14(10)11(8-12)9-16-4-1-13(17)2-5-16/h7-8H,1-6,9H2. The minimum atomic E-state index is 0.374. The molecule has 1 saturated heterocycles. The third kappa shape index (κ3) is 2.38. The summed E-state index contributed by atoms with van der Waals surface area (Å²) in [5.74, 6) is 1.38. The minimum absolute atomic E-state index is 0.374. The van der Waals surface area contributed by atoms with E-state index in [0.717, 1.165) is 49.0 Å². The van der Waals surface area contributed by atoms with Crippen molar-refractivity contribution in [1.29, 1.82) is 0 Å². The van der Waals surface area contributed by atoms with Crippen LogP contribution in [0.15, 0.2) is 12.1 Å². The molecule has 0 N–H and O–H groups in total.